The van der Waals surface area contributed by atoms with Crippen molar-refractivity contribution in [3.63, 3.8) is 0 Å². The van der Waals surface area contributed by atoms with Crippen LogP contribution in [0.2, 0.25) is 0 Å². The van der Waals surface area contributed by atoms with Gasteiger partial charge in [0.2, 0.25) is 15.9 Å². The molecule has 5 nitrogen and oxygen atoms in total. The monoisotopic (exact) mass is 324 g/mol. The summed E-state index contributed by atoms with van der Waals surface area (Å²) in [6.07, 6.45) is 2.29. The molecule has 0 bridgehead atoms. The Labute approximate surface area is 132 Å². The molecule has 2 N–H and O–H groups in total. The molecule has 0 atom stereocenters. The van der Waals surface area contributed by atoms with Crippen molar-refractivity contribution in [2.75, 3.05) is 0 Å². The van der Waals surface area contributed by atoms with Gasteiger partial charge in [0.1, 0.15) is 0 Å². The van der Waals surface area contributed by atoms with E-state index in [0.717, 1.165) is 18.4 Å². The van der Waals surface area contributed by atoms with Gasteiger partial charge in [-0.05, 0) is 36.0 Å². The average molecular weight is 324 g/mol. The minimum Gasteiger partial charge on any atom is -0.352 e. The fourth-order valence-corrected chi connectivity index (χ4v) is 3.32. The number of carbonyl (C=O) groups excluding carboxylic acids is 1. The first-order valence-corrected chi connectivity index (χ1v) is 9.02. The number of amides is 1. The van der Waals surface area contributed by atoms with Crippen LogP contribution >= 0.6 is 0 Å². The number of rotatable bonds is 6. The van der Waals surface area contributed by atoms with Crippen molar-refractivity contribution < 1.29 is 13.2 Å². The Morgan fingerprint density at radius 2 is 1.77 bits per heavy atom. The third-order valence-electron chi connectivity index (χ3n) is 3.31. The van der Waals surface area contributed by atoms with Crippen LogP contribution in [-0.2, 0) is 21.4 Å². The Kier molecular flexibility index (Phi) is 4.92. The molecule has 0 aliphatic heterocycles. The van der Waals surface area contributed by atoms with E-state index in [0.29, 0.717) is 13.0 Å². The molecule has 2 rings (SSSR count). The molecule has 1 aliphatic carbocycles. The minimum absolute atomic E-state index is 0.000372. The van der Waals surface area contributed by atoms with Crippen LogP contribution in [0.5, 0.6) is 0 Å². The highest BCUT2D eigenvalue weighted by Gasteiger charge is 2.27. The van der Waals surface area contributed by atoms with Crippen molar-refractivity contribution >= 4 is 15.9 Å². The molecule has 0 unspecified atom stereocenters. The van der Waals surface area contributed by atoms with Gasteiger partial charge in [-0.3, -0.25) is 4.79 Å². The van der Waals surface area contributed by atoms with Crippen LogP contribution in [0.1, 0.15) is 45.6 Å². The van der Waals surface area contributed by atoms with Gasteiger partial charge in [-0.1, -0.05) is 32.9 Å². The Balaban J connectivity index is 1.90. The molecule has 0 radical (unpaired) electrons. The van der Waals surface area contributed by atoms with Gasteiger partial charge in [-0.25, -0.2) is 13.1 Å². The molecule has 1 saturated carbocycles. The molecule has 0 spiro atoms. The lowest BCUT2D eigenvalue weighted by Crippen LogP contribution is -2.27. The zero-order valence-electron chi connectivity index (χ0n) is 13.3. The lowest BCUT2D eigenvalue weighted by atomic mass is 9.92. The van der Waals surface area contributed by atoms with E-state index < -0.39 is 10.0 Å². The van der Waals surface area contributed by atoms with Crippen molar-refractivity contribution in [3.05, 3.63) is 29.8 Å². The number of hydrogen-bond donors (Lipinski definition) is 2. The van der Waals surface area contributed by atoms with Crippen molar-refractivity contribution in [3.8, 4) is 0 Å². The summed E-state index contributed by atoms with van der Waals surface area (Å²) in [4.78, 5) is 12.0. The minimum atomic E-state index is -3.41. The first-order valence-electron chi connectivity index (χ1n) is 7.54. The van der Waals surface area contributed by atoms with Gasteiger partial charge in [-0.2, -0.15) is 0 Å². The number of nitrogens with one attached hydrogen (secondary N) is 2. The SMILES string of the molecule is CC(C)(C)CC(=O)NCc1ccc(S(=O)(=O)NC2CC2)cc1. The summed E-state index contributed by atoms with van der Waals surface area (Å²) in [7, 11) is -3.41. The third-order valence-corrected chi connectivity index (χ3v) is 4.85. The summed E-state index contributed by atoms with van der Waals surface area (Å²) in [5.74, 6) is -0.000372. The second-order valence-electron chi connectivity index (χ2n) is 7.05. The van der Waals surface area contributed by atoms with E-state index in [4.69, 9.17) is 0 Å². The smallest absolute Gasteiger partial charge is 0.240 e. The maximum atomic E-state index is 12.0. The molecule has 1 fully saturated rings. The van der Waals surface area contributed by atoms with E-state index in [1.807, 2.05) is 20.8 Å². The molecule has 122 valence electrons. The zero-order valence-corrected chi connectivity index (χ0v) is 14.2. The first kappa shape index (κ1) is 17.0. The van der Waals surface area contributed by atoms with Crippen LogP contribution in [0, 0.1) is 5.41 Å². The number of hydrogen-bond acceptors (Lipinski definition) is 3. The molecular weight excluding hydrogens is 300 g/mol. The normalized spacial score (nSPS) is 15.6. The highest BCUT2D eigenvalue weighted by atomic mass is 32.2. The van der Waals surface area contributed by atoms with E-state index in [2.05, 4.69) is 10.0 Å². The number of sulfonamides is 1. The Morgan fingerprint density at radius 1 is 1.18 bits per heavy atom. The van der Waals surface area contributed by atoms with Crippen LogP contribution in [0.3, 0.4) is 0 Å². The van der Waals surface area contributed by atoms with Crippen molar-refractivity contribution in [2.45, 2.75) is 57.5 Å². The molecule has 1 aromatic rings. The average Bonchev–Trinajstić information content (AvgIpc) is 3.18. The molecule has 0 aromatic heterocycles. The molecule has 1 aliphatic rings. The van der Waals surface area contributed by atoms with Gasteiger partial charge < -0.3 is 5.32 Å². The lowest BCUT2D eigenvalue weighted by Gasteiger charge is -2.17. The van der Waals surface area contributed by atoms with Gasteiger partial charge in [0, 0.05) is 19.0 Å². The summed E-state index contributed by atoms with van der Waals surface area (Å²) < 4.78 is 26.7. The van der Waals surface area contributed by atoms with Crippen molar-refractivity contribution in [1.82, 2.24) is 10.0 Å². The van der Waals surface area contributed by atoms with Crippen LogP contribution in [0.4, 0.5) is 0 Å². The first-order chi connectivity index (χ1) is 10.2. The van der Waals surface area contributed by atoms with E-state index in [1.54, 1.807) is 24.3 Å². The van der Waals surface area contributed by atoms with Crippen LogP contribution in [0.15, 0.2) is 29.2 Å². The summed E-state index contributed by atoms with van der Waals surface area (Å²) in [5.41, 5.74) is 0.837. The Morgan fingerprint density at radius 3 is 2.27 bits per heavy atom. The summed E-state index contributed by atoms with van der Waals surface area (Å²) in [5, 5.41) is 2.85. The maximum Gasteiger partial charge on any atom is 0.240 e. The van der Waals surface area contributed by atoms with Gasteiger partial charge >= 0.3 is 0 Å². The Hall–Kier alpha value is -1.40. The van der Waals surface area contributed by atoms with Crippen LogP contribution < -0.4 is 10.0 Å². The van der Waals surface area contributed by atoms with E-state index in [-0.39, 0.29) is 22.3 Å². The molecular formula is C16H24N2O3S. The summed E-state index contributed by atoms with van der Waals surface area (Å²) in [6, 6.07) is 6.73. The van der Waals surface area contributed by atoms with Crippen molar-refractivity contribution in [2.24, 2.45) is 5.41 Å². The van der Waals surface area contributed by atoms with Gasteiger partial charge in [0.25, 0.3) is 0 Å². The number of benzene rings is 1. The predicted molar refractivity (Wildman–Crippen MR) is 85.7 cm³/mol. The van der Waals surface area contributed by atoms with Gasteiger partial charge in [0.15, 0.2) is 0 Å². The van der Waals surface area contributed by atoms with Gasteiger partial charge in [0.05, 0.1) is 4.90 Å². The molecule has 0 saturated heterocycles. The lowest BCUT2D eigenvalue weighted by molar-refractivity contribution is -0.122. The van der Waals surface area contributed by atoms with Crippen LogP contribution in [0.25, 0.3) is 0 Å². The third kappa shape index (κ3) is 5.42. The molecule has 1 aromatic carbocycles. The van der Waals surface area contributed by atoms with E-state index >= 15 is 0 Å². The zero-order chi connectivity index (χ0) is 16.4. The maximum absolute atomic E-state index is 12.0. The van der Waals surface area contributed by atoms with E-state index in [9.17, 15) is 13.2 Å². The highest BCUT2D eigenvalue weighted by Crippen LogP contribution is 2.22. The largest absolute Gasteiger partial charge is 0.352 e. The van der Waals surface area contributed by atoms with Crippen molar-refractivity contribution in [1.29, 1.82) is 0 Å². The Bertz CT molecular complexity index is 626. The standard InChI is InChI=1S/C16H24N2O3S/c1-16(2,3)10-15(19)17-11-12-4-8-14(9-5-12)22(20,21)18-13-6-7-13/h4-5,8-9,13,18H,6-7,10-11H2,1-3H3,(H,17,19). The fraction of sp³-hybridized carbons (Fsp3) is 0.562. The predicted octanol–water partition coefficient (Wildman–Crippen LogP) is 2.18. The number of carbonyl (C=O) groups is 1. The molecule has 1 amide bonds. The quantitative estimate of drug-likeness (QED) is 0.842. The summed E-state index contributed by atoms with van der Waals surface area (Å²) >= 11 is 0. The second kappa shape index (κ2) is 6.38. The second-order valence-corrected chi connectivity index (χ2v) is 8.77. The highest BCUT2D eigenvalue weighted by molar-refractivity contribution is 7.89. The molecule has 6 heteroatoms. The molecule has 22 heavy (non-hydrogen) atoms. The van der Waals surface area contributed by atoms with Crippen LogP contribution in [-0.4, -0.2) is 20.4 Å². The van der Waals surface area contributed by atoms with E-state index in [1.165, 1.54) is 0 Å². The topological polar surface area (TPSA) is 75.3 Å². The molecule has 0 heterocycles. The van der Waals surface area contributed by atoms with Gasteiger partial charge in [-0.15, -0.1) is 0 Å². The summed E-state index contributed by atoms with van der Waals surface area (Å²) in [6.45, 7) is 6.45. The fourth-order valence-electron chi connectivity index (χ4n) is 2.02.